The van der Waals surface area contributed by atoms with Crippen LogP contribution in [0.3, 0.4) is 0 Å². The van der Waals surface area contributed by atoms with Crippen molar-refractivity contribution < 1.29 is 4.39 Å². The molecule has 32 heavy (non-hydrogen) atoms. The summed E-state index contributed by atoms with van der Waals surface area (Å²) in [6.07, 6.45) is 0. The summed E-state index contributed by atoms with van der Waals surface area (Å²) >= 11 is 0. The number of nitrogens with one attached hydrogen (secondary N) is 2. The summed E-state index contributed by atoms with van der Waals surface area (Å²) in [7, 11) is 0. The fourth-order valence-corrected chi connectivity index (χ4v) is 3.05. The van der Waals surface area contributed by atoms with Gasteiger partial charge in [0.1, 0.15) is 5.82 Å². The Morgan fingerprint density at radius 3 is 2.12 bits per heavy atom. The van der Waals surface area contributed by atoms with Crippen LogP contribution in [-0.2, 0) is 0 Å². The van der Waals surface area contributed by atoms with Crippen molar-refractivity contribution in [3.63, 3.8) is 0 Å². The van der Waals surface area contributed by atoms with Gasteiger partial charge in [-0.05, 0) is 70.0 Å². The third-order valence-corrected chi connectivity index (χ3v) is 4.86. The Labute approximate surface area is 189 Å². The summed E-state index contributed by atoms with van der Waals surface area (Å²) in [6, 6.07) is 20.5. The first-order valence-corrected chi connectivity index (χ1v) is 10.4. The summed E-state index contributed by atoms with van der Waals surface area (Å²) in [6.45, 7) is 14.4. The molecule has 0 heterocycles. The lowest BCUT2D eigenvalue weighted by atomic mass is 10.2. The molecule has 3 aromatic rings. The molecule has 2 N–H and O–H groups in total. The molecule has 0 unspecified atom stereocenters. The monoisotopic (exact) mass is 429 g/mol. The minimum Gasteiger partial charge on any atom is -0.353 e. The van der Waals surface area contributed by atoms with E-state index < -0.39 is 0 Å². The highest BCUT2D eigenvalue weighted by molar-refractivity contribution is 6.03. The molecule has 3 aromatic carbocycles. The first kappa shape index (κ1) is 22.7. The van der Waals surface area contributed by atoms with Crippen molar-refractivity contribution in [3.05, 3.63) is 96.0 Å². The van der Waals surface area contributed by atoms with Gasteiger partial charge in [-0.3, -0.25) is 5.01 Å². The lowest BCUT2D eigenvalue weighted by Crippen LogP contribution is -2.20. The molecule has 0 aliphatic carbocycles. The second kappa shape index (κ2) is 10.4. The number of benzene rings is 3. The van der Waals surface area contributed by atoms with Crippen LogP contribution in [0, 0.1) is 19.7 Å². The molecule has 0 aliphatic rings. The van der Waals surface area contributed by atoms with Gasteiger partial charge in [-0.1, -0.05) is 42.0 Å². The number of aliphatic imine (C=N–C) groups is 1. The maximum Gasteiger partial charge on any atom is 0.194 e. The smallest absolute Gasteiger partial charge is 0.194 e. The first-order chi connectivity index (χ1) is 15.4. The molecule has 0 aromatic heterocycles. The highest BCUT2D eigenvalue weighted by Gasteiger charge is 2.10. The van der Waals surface area contributed by atoms with Crippen molar-refractivity contribution in [1.29, 1.82) is 0 Å². The highest BCUT2D eigenvalue weighted by Crippen LogP contribution is 2.25. The van der Waals surface area contributed by atoms with Gasteiger partial charge < -0.3 is 10.6 Å². The van der Waals surface area contributed by atoms with E-state index in [9.17, 15) is 4.39 Å². The van der Waals surface area contributed by atoms with Gasteiger partial charge in [0.2, 0.25) is 0 Å². The number of amidine groups is 1. The number of halogens is 1. The Morgan fingerprint density at radius 2 is 1.53 bits per heavy atom. The molecule has 0 atom stereocenters. The van der Waals surface area contributed by atoms with Gasteiger partial charge in [-0.25, -0.2) is 9.38 Å². The molecule has 6 heteroatoms. The average Bonchev–Trinajstić information content (AvgIpc) is 2.79. The lowest BCUT2D eigenvalue weighted by Gasteiger charge is -2.19. The number of hydrogen-bond acceptors (Lipinski definition) is 4. The number of aryl methyl sites for hydroxylation is 2. The third-order valence-electron chi connectivity index (χ3n) is 4.86. The minimum absolute atomic E-state index is 0.352. The average molecular weight is 430 g/mol. The van der Waals surface area contributed by atoms with Gasteiger partial charge in [0.15, 0.2) is 5.84 Å². The SMILES string of the molecule is C=N/C(=N\N(CC)c1ccc(C)cc1)C(=C)Nc1ccc(F)c(Nc2ccc(C)cc2)c1. The standard InChI is InChI=1S/C26H28FN5/c1-6-32(23-14-9-19(3)10-15-23)31-26(28-5)20(4)29-22-13-16-24(27)25(17-22)30-21-11-7-18(2)8-12-21/h7-17,29-30H,4-6H2,1-3H3/b31-26-. The molecule has 164 valence electrons. The zero-order chi connectivity index (χ0) is 23.1. The van der Waals surface area contributed by atoms with E-state index in [-0.39, 0.29) is 5.82 Å². The summed E-state index contributed by atoms with van der Waals surface area (Å²) in [5.74, 6) is -0.00111. The lowest BCUT2D eigenvalue weighted by molar-refractivity contribution is 0.632. The van der Waals surface area contributed by atoms with E-state index >= 15 is 0 Å². The van der Waals surface area contributed by atoms with Crippen LogP contribution in [0.25, 0.3) is 0 Å². The van der Waals surface area contributed by atoms with Crippen LogP contribution in [0.1, 0.15) is 18.1 Å². The molecule has 0 amide bonds. The Balaban J connectivity index is 1.78. The number of hydrogen-bond donors (Lipinski definition) is 2. The summed E-state index contributed by atoms with van der Waals surface area (Å²) in [5.41, 5.74) is 5.52. The number of nitrogens with zero attached hydrogens (tertiary/aromatic N) is 3. The van der Waals surface area contributed by atoms with Crippen LogP contribution in [0.15, 0.2) is 89.1 Å². The molecule has 0 radical (unpaired) electrons. The third kappa shape index (κ3) is 5.82. The zero-order valence-electron chi connectivity index (χ0n) is 18.7. The van der Waals surface area contributed by atoms with Crippen LogP contribution in [0.2, 0.25) is 0 Å². The molecule has 0 spiro atoms. The van der Waals surface area contributed by atoms with Gasteiger partial charge in [-0.15, -0.1) is 0 Å². The predicted molar refractivity (Wildman–Crippen MR) is 135 cm³/mol. The van der Waals surface area contributed by atoms with Gasteiger partial charge in [0.25, 0.3) is 0 Å². The molecule has 0 fully saturated rings. The van der Waals surface area contributed by atoms with Crippen molar-refractivity contribution in [2.45, 2.75) is 20.8 Å². The van der Waals surface area contributed by atoms with E-state index in [4.69, 9.17) is 0 Å². The Hall–Kier alpha value is -3.93. The van der Waals surface area contributed by atoms with E-state index in [1.165, 1.54) is 11.6 Å². The fraction of sp³-hybridized carbons (Fsp3) is 0.154. The fourth-order valence-electron chi connectivity index (χ4n) is 3.05. The summed E-state index contributed by atoms with van der Waals surface area (Å²) in [4.78, 5) is 4.04. The maximum atomic E-state index is 14.4. The second-order valence-corrected chi connectivity index (χ2v) is 7.42. The van der Waals surface area contributed by atoms with Crippen LogP contribution in [0.4, 0.5) is 27.1 Å². The molecule has 0 saturated heterocycles. The Kier molecular flexibility index (Phi) is 7.39. The predicted octanol–water partition coefficient (Wildman–Crippen LogP) is 6.65. The summed E-state index contributed by atoms with van der Waals surface area (Å²) < 4.78 is 14.4. The zero-order valence-corrected chi connectivity index (χ0v) is 18.7. The van der Waals surface area contributed by atoms with E-state index in [0.717, 1.165) is 16.9 Å². The Bertz CT molecular complexity index is 1120. The molecule has 5 nitrogen and oxygen atoms in total. The van der Waals surface area contributed by atoms with Crippen LogP contribution in [-0.4, -0.2) is 19.1 Å². The maximum absolute atomic E-state index is 14.4. The molecule has 0 bridgehead atoms. The largest absolute Gasteiger partial charge is 0.353 e. The van der Waals surface area contributed by atoms with Crippen molar-refractivity contribution >= 4 is 35.3 Å². The topological polar surface area (TPSA) is 52.0 Å². The number of rotatable bonds is 8. The molecule has 3 rings (SSSR count). The van der Waals surface area contributed by atoms with Gasteiger partial charge in [0, 0.05) is 17.9 Å². The number of anilines is 4. The molecule has 0 saturated carbocycles. The minimum atomic E-state index is -0.353. The van der Waals surface area contributed by atoms with Crippen molar-refractivity contribution in [2.24, 2.45) is 10.1 Å². The highest BCUT2D eigenvalue weighted by atomic mass is 19.1. The normalized spacial score (nSPS) is 11.1. The van der Waals surface area contributed by atoms with E-state index in [0.29, 0.717) is 29.5 Å². The van der Waals surface area contributed by atoms with Gasteiger partial charge >= 0.3 is 0 Å². The van der Waals surface area contributed by atoms with Crippen molar-refractivity contribution in [3.8, 4) is 0 Å². The van der Waals surface area contributed by atoms with Crippen LogP contribution >= 0.6 is 0 Å². The van der Waals surface area contributed by atoms with Crippen LogP contribution < -0.4 is 15.6 Å². The molecular formula is C26H28FN5. The quantitative estimate of drug-likeness (QED) is 0.239. The van der Waals surface area contributed by atoms with Gasteiger partial charge in [0.05, 0.1) is 17.1 Å². The Morgan fingerprint density at radius 1 is 0.938 bits per heavy atom. The summed E-state index contributed by atoms with van der Waals surface area (Å²) in [5, 5.41) is 12.7. The number of hydrazone groups is 1. The van der Waals surface area contributed by atoms with E-state index in [1.54, 1.807) is 12.1 Å². The van der Waals surface area contributed by atoms with Crippen molar-refractivity contribution in [2.75, 3.05) is 22.2 Å². The van der Waals surface area contributed by atoms with E-state index in [2.05, 4.69) is 34.0 Å². The van der Waals surface area contributed by atoms with Crippen molar-refractivity contribution in [1.82, 2.24) is 0 Å². The molecular weight excluding hydrogens is 401 g/mol. The van der Waals surface area contributed by atoms with E-state index in [1.807, 2.05) is 74.3 Å². The molecule has 0 aliphatic heterocycles. The second-order valence-electron chi connectivity index (χ2n) is 7.42. The van der Waals surface area contributed by atoms with Gasteiger partial charge in [-0.2, -0.15) is 5.10 Å². The van der Waals surface area contributed by atoms with Crippen LogP contribution in [0.5, 0.6) is 0 Å². The first-order valence-electron chi connectivity index (χ1n) is 10.4.